The Balaban J connectivity index is 1.71. The van der Waals surface area contributed by atoms with Gasteiger partial charge in [0.25, 0.3) is 0 Å². The van der Waals surface area contributed by atoms with Crippen LogP contribution < -0.4 is 0 Å². The molecule has 2 heterocycles. The topological polar surface area (TPSA) is 105 Å². The van der Waals surface area contributed by atoms with Crippen LogP contribution in [0.4, 0.5) is 4.39 Å². The molecule has 0 bridgehead atoms. The Morgan fingerprint density at radius 3 is 2.65 bits per heavy atom. The van der Waals surface area contributed by atoms with E-state index < -0.39 is 5.97 Å². The molecule has 0 fully saturated rings. The molecule has 34 heavy (non-hydrogen) atoms. The molecule has 0 saturated carbocycles. The lowest BCUT2D eigenvalue weighted by atomic mass is 9.94. The predicted molar refractivity (Wildman–Crippen MR) is 125 cm³/mol. The summed E-state index contributed by atoms with van der Waals surface area (Å²) in [5.74, 6) is -1.66. The Hall–Kier alpha value is -3.57. The number of Topliss-reactive ketones (excluding diaryl/α,β-unsaturated/α-hetero) is 1. The van der Waals surface area contributed by atoms with Crippen molar-refractivity contribution in [3.63, 3.8) is 0 Å². The van der Waals surface area contributed by atoms with Gasteiger partial charge in [-0.1, -0.05) is 19.1 Å². The number of ketones is 1. The number of rotatable bonds is 12. The summed E-state index contributed by atoms with van der Waals surface area (Å²) in [5.41, 5.74) is 3.23. The normalized spacial score (nSPS) is 11.9. The number of carboxylic acids is 1. The number of carbonyl (C=O) groups excluding carboxylic acids is 1. The first kappa shape index (κ1) is 25.1. The first-order valence-electron chi connectivity index (χ1n) is 11.2. The van der Waals surface area contributed by atoms with Crippen molar-refractivity contribution in [2.24, 2.45) is 13.0 Å². The van der Waals surface area contributed by atoms with Crippen LogP contribution in [0, 0.1) is 23.1 Å². The van der Waals surface area contributed by atoms with Crippen LogP contribution in [0.3, 0.4) is 0 Å². The summed E-state index contributed by atoms with van der Waals surface area (Å²) in [6.07, 6.45) is 3.65. The third kappa shape index (κ3) is 6.27. The van der Waals surface area contributed by atoms with Gasteiger partial charge in [-0.2, -0.15) is 5.26 Å². The van der Waals surface area contributed by atoms with Gasteiger partial charge in [-0.05, 0) is 48.9 Å². The second kappa shape index (κ2) is 11.5. The van der Waals surface area contributed by atoms with Crippen LogP contribution in [0.5, 0.6) is 0 Å². The fourth-order valence-corrected chi connectivity index (χ4v) is 4.08. The van der Waals surface area contributed by atoms with Crippen LogP contribution in [0.15, 0.2) is 36.5 Å². The van der Waals surface area contributed by atoms with Gasteiger partial charge in [0.15, 0.2) is 5.78 Å². The van der Waals surface area contributed by atoms with E-state index in [0.29, 0.717) is 41.8 Å². The monoisotopic (exact) mass is 465 g/mol. The smallest absolute Gasteiger partial charge is 0.303 e. The molecule has 1 atom stereocenters. The number of halogens is 1. The number of aliphatic carboxylic acids is 1. The maximum Gasteiger partial charge on any atom is 0.303 e. The molecule has 178 valence electrons. The zero-order valence-corrected chi connectivity index (χ0v) is 19.4. The second-order valence-electron chi connectivity index (χ2n) is 8.55. The van der Waals surface area contributed by atoms with Gasteiger partial charge in [0.05, 0.1) is 12.2 Å². The molecular formula is C26H28FN3O4. The lowest BCUT2D eigenvalue weighted by Gasteiger charge is -2.11. The van der Waals surface area contributed by atoms with Gasteiger partial charge in [-0.15, -0.1) is 0 Å². The molecule has 0 radical (unpaired) electrons. The van der Waals surface area contributed by atoms with E-state index in [9.17, 15) is 19.2 Å². The van der Waals surface area contributed by atoms with Crippen LogP contribution in [0.2, 0.25) is 0 Å². The van der Waals surface area contributed by atoms with Crippen molar-refractivity contribution in [1.82, 2.24) is 9.55 Å². The van der Waals surface area contributed by atoms with Crippen LogP contribution >= 0.6 is 0 Å². The van der Waals surface area contributed by atoms with Gasteiger partial charge in [-0.3, -0.25) is 9.59 Å². The molecule has 1 aromatic carbocycles. The number of aromatic nitrogens is 2. The largest absolute Gasteiger partial charge is 0.481 e. The van der Waals surface area contributed by atoms with Crippen molar-refractivity contribution in [3.05, 3.63) is 64.7 Å². The lowest BCUT2D eigenvalue weighted by Crippen LogP contribution is -2.12. The number of nitriles is 1. The number of carbonyl (C=O) groups is 2. The molecule has 8 heteroatoms. The van der Waals surface area contributed by atoms with Crippen LogP contribution in [0.1, 0.15) is 59.8 Å². The van der Waals surface area contributed by atoms with E-state index in [1.165, 1.54) is 18.3 Å². The fraction of sp³-hybridized carbons (Fsp3) is 0.385. The zero-order chi connectivity index (χ0) is 24.7. The highest BCUT2D eigenvalue weighted by molar-refractivity contribution is 6.09. The quantitative estimate of drug-likeness (QED) is 0.304. The summed E-state index contributed by atoms with van der Waals surface area (Å²) in [4.78, 5) is 28.7. The van der Waals surface area contributed by atoms with Crippen molar-refractivity contribution in [2.75, 3.05) is 6.61 Å². The summed E-state index contributed by atoms with van der Waals surface area (Å²) < 4.78 is 20.6. The molecule has 3 aromatic rings. The first-order chi connectivity index (χ1) is 16.3. The molecule has 7 nitrogen and oxygen atoms in total. The predicted octanol–water partition coefficient (Wildman–Crippen LogP) is 4.81. The highest BCUT2D eigenvalue weighted by Crippen LogP contribution is 2.29. The van der Waals surface area contributed by atoms with Crippen molar-refractivity contribution < 1.29 is 23.8 Å². The Kier molecular flexibility index (Phi) is 8.50. The molecule has 0 saturated heterocycles. The van der Waals surface area contributed by atoms with Gasteiger partial charge in [0, 0.05) is 49.3 Å². The molecule has 3 rings (SSSR count). The number of hydrogen-bond acceptors (Lipinski definition) is 5. The van der Waals surface area contributed by atoms with E-state index in [0.717, 1.165) is 24.1 Å². The summed E-state index contributed by atoms with van der Waals surface area (Å²) in [5, 5.41) is 19.0. The number of hydrogen-bond donors (Lipinski definition) is 1. The van der Waals surface area contributed by atoms with E-state index in [1.54, 1.807) is 25.1 Å². The second-order valence-corrected chi connectivity index (χ2v) is 8.55. The number of fused-ring (bicyclic) bond motifs is 1. The summed E-state index contributed by atoms with van der Waals surface area (Å²) in [7, 11) is 1.85. The van der Waals surface area contributed by atoms with E-state index in [-0.39, 0.29) is 30.4 Å². The van der Waals surface area contributed by atoms with E-state index >= 15 is 0 Å². The average molecular weight is 466 g/mol. The Morgan fingerprint density at radius 2 is 1.97 bits per heavy atom. The molecule has 0 spiro atoms. The van der Waals surface area contributed by atoms with E-state index in [4.69, 9.17) is 9.84 Å². The minimum Gasteiger partial charge on any atom is -0.481 e. The zero-order valence-electron chi connectivity index (χ0n) is 19.4. The van der Waals surface area contributed by atoms with Crippen LogP contribution in [-0.4, -0.2) is 33.0 Å². The SMILES string of the molecule is CC(CC(=O)O)CC(=O)c1c(CCCCOCc2ccc(F)cc2)n(C)c2ncc(C#N)cc12. The number of unbranched alkanes of at least 4 members (excludes halogenated alkanes) is 1. The minimum absolute atomic E-state index is 0.0844. The lowest BCUT2D eigenvalue weighted by molar-refractivity contribution is -0.137. The highest BCUT2D eigenvalue weighted by atomic mass is 19.1. The van der Waals surface area contributed by atoms with Crippen molar-refractivity contribution in [1.29, 1.82) is 5.26 Å². The number of aryl methyl sites for hydroxylation is 1. The van der Waals surface area contributed by atoms with Gasteiger partial charge in [0.2, 0.25) is 0 Å². The van der Waals surface area contributed by atoms with Crippen LogP contribution in [0.25, 0.3) is 11.0 Å². The number of nitrogens with zero attached hydrogens (tertiary/aromatic N) is 3. The highest BCUT2D eigenvalue weighted by Gasteiger charge is 2.24. The van der Waals surface area contributed by atoms with Gasteiger partial charge < -0.3 is 14.4 Å². The standard InChI is InChI=1S/C26H28FN3O4/c1-17(12-24(32)33)11-23(31)25-21-13-19(14-28)15-29-26(21)30(2)22(25)5-3-4-10-34-16-18-6-8-20(27)9-7-18/h6-9,13,15,17H,3-5,10-12,16H2,1-2H3,(H,32,33). The van der Waals surface area contributed by atoms with Crippen LogP contribution in [-0.2, 0) is 29.6 Å². The maximum atomic E-state index is 13.2. The van der Waals surface area contributed by atoms with Gasteiger partial charge in [-0.25, -0.2) is 9.37 Å². The summed E-state index contributed by atoms with van der Waals surface area (Å²) in [6, 6.07) is 9.93. The number of pyridine rings is 1. The molecule has 0 aliphatic rings. The molecule has 0 aliphatic heterocycles. The number of benzene rings is 1. The van der Waals surface area contributed by atoms with Crippen molar-refractivity contribution >= 4 is 22.8 Å². The van der Waals surface area contributed by atoms with Gasteiger partial charge >= 0.3 is 5.97 Å². The first-order valence-corrected chi connectivity index (χ1v) is 11.2. The molecule has 2 aromatic heterocycles. The number of ether oxygens (including phenoxy) is 1. The molecule has 0 amide bonds. The van der Waals surface area contributed by atoms with E-state index in [2.05, 4.69) is 11.1 Å². The van der Waals surface area contributed by atoms with E-state index in [1.807, 2.05) is 11.6 Å². The molecule has 1 unspecified atom stereocenters. The molecule has 0 aliphatic carbocycles. The maximum absolute atomic E-state index is 13.2. The third-order valence-electron chi connectivity index (χ3n) is 5.75. The molecular weight excluding hydrogens is 437 g/mol. The minimum atomic E-state index is -0.937. The Morgan fingerprint density at radius 1 is 1.24 bits per heavy atom. The van der Waals surface area contributed by atoms with Crippen molar-refractivity contribution in [2.45, 2.75) is 45.6 Å². The number of carboxylic acid groups (broad SMARTS) is 1. The Bertz CT molecular complexity index is 1210. The molecule has 1 N–H and O–H groups in total. The summed E-state index contributed by atoms with van der Waals surface area (Å²) >= 11 is 0. The van der Waals surface area contributed by atoms with Crippen molar-refractivity contribution in [3.8, 4) is 6.07 Å². The fourth-order valence-electron chi connectivity index (χ4n) is 4.08. The third-order valence-corrected chi connectivity index (χ3v) is 5.75. The summed E-state index contributed by atoms with van der Waals surface area (Å²) in [6.45, 7) is 2.67. The van der Waals surface area contributed by atoms with Gasteiger partial charge in [0.1, 0.15) is 17.5 Å². The Labute approximate surface area is 197 Å². The average Bonchev–Trinajstić information content (AvgIpc) is 3.07.